The van der Waals surface area contributed by atoms with Crippen LogP contribution in [0.1, 0.15) is 20.7 Å². The molecule has 8 nitrogen and oxygen atoms in total. The lowest BCUT2D eigenvalue weighted by Crippen LogP contribution is -2.12. The Bertz CT molecular complexity index is 1400. The van der Waals surface area contributed by atoms with Crippen LogP contribution in [0.4, 0.5) is 11.4 Å². The smallest absolute Gasteiger partial charge is 0.335 e. The predicted molar refractivity (Wildman–Crippen MR) is 130 cm³/mol. The van der Waals surface area contributed by atoms with Crippen LogP contribution >= 0.6 is 23.8 Å². The number of nitrogens with zero attached hydrogens (tertiary/aromatic N) is 2. The van der Waals surface area contributed by atoms with E-state index in [1.165, 1.54) is 24.3 Å². The van der Waals surface area contributed by atoms with Crippen molar-refractivity contribution in [3.05, 3.63) is 87.7 Å². The summed E-state index contributed by atoms with van der Waals surface area (Å²) in [6.07, 6.45) is 0. The van der Waals surface area contributed by atoms with Gasteiger partial charge in [-0.15, -0.1) is 0 Å². The van der Waals surface area contributed by atoms with E-state index in [4.69, 9.17) is 34.0 Å². The monoisotopic (exact) mass is 482 g/mol. The Labute approximate surface area is 198 Å². The molecule has 0 radical (unpaired) electrons. The Kier molecular flexibility index (Phi) is 6.34. The minimum Gasteiger partial charge on any atom is -0.478 e. The fourth-order valence-corrected chi connectivity index (χ4v) is 3.89. The summed E-state index contributed by atoms with van der Waals surface area (Å²) < 4.78 is 4.37. The van der Waals surface area contributed by atoms with Crippen molar-refractivity contribution in [2.24, 2.45) is 0 Å². The first kappa shape index (κ1) is 22.4. The van der Waals surface area contributed by atoms with Crippen LogP contribution in [0.3, 0.4) is 0 Å². The molecule has 0 fully saturated rings. The number of nitrogens with one attached hydrogen (secondary N) is 2. The number of benzene rings is 3. The first-order valence-electron chi connectivity index (χ1n) is 9.86. The van der Waals surface area contributed by atoms with Crippen molar-refractivity contribution >= 4 is 58.2 Å². The van der Waals surface area contributed by atoms with Gasteiger partial charge in [-0.05, 0) is 78.9 Å². The van der Waals surface area contributed by atoms with Gasteiger partial charge in [0.2, 0.25) is 0 Å². The molecule has 33 heavy (non-hydrogen) atoms. The van der Waals surface area contributed by atoms with Crippen LogP contribution in [0.15, 0.2) is 66.7 Å². The van der Waals surface area contributed by atoms with Crippen LogP contribution in [0.25, 0.3) is 11.0 Å². The first-order chi connectivity index (χ1) is 15.8. The molecule has 0 atom stereocenters. The van der Waals surface area contributed by atoms with Crippen molar-refractivity contribution in [2.45, 2.75) is 13.3 Å². The van der Waals surface area contributed by atoms with E-state index in [9.17, 15) is 9.59 Å². The van der Waals surface area contributed by atoms with Gasteiger partial charge in [-0.2, -0.15) is 0 Å². The second kappa shape index (κ2) is 9.35. The number of aromatic nitrogens is 2. The SMILES string of the molecule is O=C(O)c1ccc(NCn2c(=S)n(CNc3ccc(C(=O)O)cc3)c3cc(Cl)ccc32)cc1. The number of carbonyl (C=O) groups is 2. The summed E-state index contributed by atoms with van der Waals surface area (Å²) in [6, 6.07) is 18.4. The third-order valence-electron chi connectivity index (χ3n) is 5.13. The molecule has 0 bridgehead atoms. The third-order valence-corrected chi connectivity index (χ3v) is 5.80. The number of halogens is 1. The van der Waals surface area contributed by atoms with Gasteiger partial charge in [-0.1, -0.05) is 11.6 Å². The van der Waals surface area contributed by atoms with Crippen LogP contribution in [0.2, 0.25) is 5.02 Å². The van der Waals surface area contributed by atoms with Gasteiger partial charge in [0.1, 0.15) is 0 Å². The molecule has 0 aliphatic rings. The van der Waals surface area contributed by atoms with Gasteiger partial charge >= 0.3 is 11.9 Å². The molecule has 4 rings (SSSR count). The van der Waals surface area contributed by atoms with Gasteiger partial charge in [0, 0.05) is 16.4 Å². The Morgan fingerprint density at radius 3 is 1.67 bits per heavy atom. The maximum atomic E-state index is 11.0. The molecule has 10 heteroatoms. The van der Waals surface area contributed by atoms with Crippen LogP contribution in [0.5, 0.6) is 0 Å². The van der Waals surface area contributed by atoms with Crippen molar-refractivity contribution in [3.63, 3.8) is 0 Å². The van der Waals surface area contributed by atoms with Crippen LogP contribution in [-0.4, -0.2) is 31.3 Å². The summed E-state index contributed by atoms with van der Waals surface area (Å²) >= 11 is 12.0. The highest BCUT2D eigenvalue weighted by Crippen LogP contribution is 2.23. The summed E-state index contributed by atoms with van der Waals surface area (Å²) in [5, 5.41) is 25.2. The lowest BCUT2D eigenvalue weighted by Gasteiger charge is -2.10. The summed E-state index contributed by atoms with van der Waals surface area (Å²) in [7, 11) is 0. The summed E-state index contributed by atoms with van der Waals surface area (Å²) in [5.41, 5.74) is 3.65. The molecule has 4 N–H and O–H groups in total. The number of hydrogen-bond donors (Lipinski definition) is 4. The van der Waals surface area contributed by atoms with Crippen molar-refractivity contribution in [1.82, 2.24) is 9.13 Å². The second-order valence-electron chi connectivity index (χ2n) is 7.21. The first-order valence-corrected chi connectivity index (χ1v) is 10.6. The molecular weight excluding hydrogens is 464 g/mol. The fraction of sp³-hybridized carbons (Fsp3) is 0.0870. The molecule has 0 amide bonds. The Hall–Kier alpha value is -3.82. The molecule has 0 spiro atoms. The zero-order valence-electron chi connectivity index (χ0n) is 17.2. The van der Waals surface area contributed by atoms with Crippen molar-refractivity contribution in [1.29, 1.82) is 0 Å². The molecule has 1 aromatic heterocycles. The molecule has 168 valence electrons. The number of hydrogen-bond acceptors (Lipinski definition) is 5. The quantitative estimate of drug-likeness (QED) is 0.250. The highest BCUT2D eigenvalue weighted by atomic mass is 35.5. The van der Waals surface area contributed by atoms with E-state index in [0.717, 1.165) is 22.4 Å². The Balaban J connectivity index is 1.58. The molecule has 0 saturated heterocycles. The van der Waals surface area contributed by atoms with Crippen molar-refractivity contribution in [3.8, 4) is 0 Å². The van der Waals surface area contributed by atoms with E-state index in [1.54, 1.807) is 30.3 Å². The number of carboxylic acids is 2. The van der Waals surface area contributed by atoms with Gasteiger partial charge in [-0.3, -0.25) is 9.13 Å². The maximum absolute atomic E-state index is 11.0. The normalized spacial score (nSPS) is 10.8. The number of rotatable bonds is 8. The van der Waals surface area contributed by atoms with E-state index in [0.29, 0.717) is 23.1 Å². The second-order valence-corrected chi connectivity index (χ2v) is 8.01. The molecule has 0 aliphatic heterocycles. The van der Waals surface area contributed by atoms with Crippen molar-refractivity contribution < 1.29 is 19.8 Å². The largest absolute Gasteiger partial charge is 0.478 e. The molecule has 0 saturated carbocycles. The van der Waals surface area contributed by atoms with E-state index in [1.807, 2.05) is 21.3 Å². The molecule has 0 aliphatic carbocycles. The highest BCUT2D eigenvalue weighted by molar-refractivity contribution is 7.71. The average molecular weight is 483 g/mol. The van der Waals surface area contributed by atoms with E-state index < -0.39 is 11.9 Å². The Morgan fingerprint density at radius 2 is 1.21 bits per heavy atom. The number of anilines is 2. The number of carboxylic acid groups (broad SMARTS) is 2. The van der Waals surface area contributed by atoms with Gasteiger partial charge in [0.05, 0.1) is 35.5 Å². The predicted octanol–water partition coefficient (Wildman–Crippen LogP) is 5.36. The fourth-order valence-electron chi connectivity index (χ4n) is 3.40. The summed E-state index contributed by atoms with van der Waals surface area (Å²) in [6.45, 7) is 0.714. The van der Waals surface area contributed by atoms with Gasteiger partial charge < -0.3 is 20.8 Å². The standard InChI is InChI=1S/C23H19ClN4O4S/c24-16-5-10-19-20(11-16)28(13-26-18-8-3-15(4-9-18)22(31)32)23(33)27(19)12-25-17-6-1-14(2-7-17)21(29)30/h1-11,25-26H,12-13H2,(H,29,30)(H,31,32). The van der Waals surface area contributed by atoms with Crippen LogP contribution in [-0.2, 0) is 13.3 Å². The molecule has 1 heterocycles. The van der Waals surface area contributed by atoms with E-state index in [-0.39, 0.29) is 11.1 Å². The number of fused-ring (bicyclic) bond motifs is 1. The lowest BCUT2D eigenvalue weighted by molar-refractivity contribution is 0.0686. The minimum atomic E-state index is -0.980. The van der Waals surface area contributed by atoms with E-state index in [2.05, 4.69) is 10.6 Å². The van der Waals surface area contributed by atoms with Crippen LogP contribution < -0.4 is 10.6 Å². The zero-order chi connectivity index (χ0) is 23.5. The molecular formula is C23H19ClN4O4S. The number of aromatic carboxylic acids is 2. The molecule has 4 aromatic rings. The van der Waals surface area contributed by atoms with Gasteiger partial charge in [0.15, 0.2) is 4.77 Å². The topological polar surface area (TPSA) is 109 Å². The van der Waals surface area contributed by atoms with Gasteiger partial charge in [-0.25, -0.2) is 9.59 Å². The Morgan fingerprint density at radius 1 is 0.758 bits per heavy atom. The van der Waals surface area contributed by atoms with Crippen molar-refractivity contribution in [2.75, 3.05) is 10.6 Å². The molecule has 0 unspecified atom stereocenters. The number of imidazole rings is 1. The lowest BCUT2D eigenvalue weighted by atomic mass is 10.2. The maximum Gasteiger partial charge on any atom is 0.335 e. The third kappa shape index (κ3) is 4.84. The zero-order valence-corrected chi connectivity index (χ0v) is 18.7. The highest BCUT2D eigenvalue weighted by Gasteiger charge is 2.12. The minimum absolute atomic E-state index is 0.211. The average Bonchev–Trinajstić information content (AvgIpc) is 3.06. The van der Waals surface area contributed by atoms with Gasteiger partial charge in [0.25, 0.3) is 0 Å². The summed E-state index contributed by atoms with van der Waals surface area (Å²) in [4.78, 5) is 22.1. The summed E-state index contributed by atoms with van der Waals surface area (Å²) in [5.74, 6) is -1.96. The van der Waals surface area contributed by atoms with E-state index >= 15 is 0 Å². The molecule has 3 aromatic carbocycles. The van der Waals surface area contributed by atoms with Crippen LogP contribution in [0, 0.1) is 4.77 Å².